The van der Waals surface area contributed by atoms with Gasteiger partial charge >= 0.3 is 0 Å². The number of halogens is 2. The van der Waals surface area contributed by atoms with Crippen LogP contribution in [-0.2, 0) is 16.2 Å². The lowest BCUT2D eigenvalue weighted by molar-refractivity contribution is -0.119. The Hall–Kier alpha value is -2.76. The average Bonchev–Trinajstić information content (AvgIpc) is 2.96. The van der Waals surface area contributed by atoms with Crippen molar-refractivity contribution < 1.29 is 19.1 Å². The maximum Gasteiger partial charge on any atom is 0.180 e. The fraction of sp³-hybridized carbons (Fsp3) is 0.526. The molecule has 0 radical (unpaired) electrons. The predicted molar refractivity (Wildman–Crippen MR) is 180 cm³/mol. The standard InChI is InChI=1S/C38H45Cl2NO4/c1-6-44-32-17-24(16-27(40)36(32)45-22-23-12-14-25(39)15-13-23)33-34-28(18-37(2,3)20-30(34)42)41(26-10-8-7-9-11-26)29-19-38(4,5)21-31(43)35(29)33/h12-17,26,33H,6-11,18-22H2,1-5H3. The number of carbonyl (C=O) groups excluding carboxylic acids is 2. The summed E-state index contributed by atoms with van der Waals surface area (Å²) >= 11 is 13.1. The van der Waals surface area contributed by atoms with Gasteiger partial charge in [-0.1, -0.05) is 82.3 Å². The van der Waals surface area contributed by atoms with Crippen LogP contribution in [0.1, 0.15) is 109 Å². The molecule has 1 fully saturated rings. The lowest BCUT2D eigenvalue weighted by Crippen LogP contribution is -2.48. The van der Waals surface area contributed by atoms with Crippen LogP contribution < -0.4 is 9.47 Å². The summed E-state index contributed by atoms with van der Waals surface area (Å²) in [5.74, 6) is 0.749. The van der Waals surface area contributed by atoms with Crippen molar-refractivity contribution in [2.24, 2.45) is 10.8 Å². The summed E-state index contributed by atoms with van der Waals surface area (Å²) in [6, 6.07) is 11.6. The minimum absolute atomic E-state index is 0.133. The lowest BCUT2D eigenvalue weighted by Gasteiger charge is -2.52. The van der Waals surface area contributed by atoms with Gasteiger partial charge < -0.3 is 14.4 Å². The first-order chi connectivity index (χ1) is 21.4. The van der Waals surface area contributed by atoms with E-state index in [0.717, 1.165) is 59.4 Å². The van der Waals surface area contributed by atoms with Crippen LogP contribution in [0.25, 0.3) is 0 Å². The highest BCUT2D eigenvalue weighted by Crippen LogP contribution is 2.56. The third-order valence-corrected chi connectivity index (χ3v) is 10.4. The molecule has 0 amide bonds. The first kappa shape index (κ1) is 32.2. The van der Waals surface area contributed by atoms with Crippen LogP contribution >= 0.6 is 23.2 Å². The quantitative estimate of drug-likeness (QED) is 0.299. The van der Waals surface area contributed by atoms with Crippen LogP contribution in [0.3, 0.4) is 0 Å². The molecule has 0 spiro atoms. The third kappa shape index (κ3) is 6.45. The molecule has 0 saturated heterocycles. The van der Waals surface area contributed by atoms with Crippen molar-refractivity contribution in [1.82, 2.24) is 4.90 Å². The van der Waals surface area contributed by atoms with Crippen molar-refractivity contribution in [1.29, 1.82) is 0 Å². The highest BCUT2D eigenvalue weighted by atomic mass is 35.5. The Balaban J connectivity index is 1.51. The lowest BCUT2D eigenvalue weighted by atomic mass is 9.63. The number of ketones is 2. The zero-order valence-corrected chi connectivity index (χ0v) is 28.7. The Morgan fingerprint density at radius 2 is 1.38 bits per heavy atom. The molecule has 7 heteroatoms. The van der Waals surface area contributed by atoms with Crippen molar-refractivity contribution in [3.8, 4) is 11.5 Å². The molecule has 3 aliphatic carbocycles. The number of benzene rings is 2. The molecule has 5 nitrogen and oxygen atoms in total. The molecule has 1 saturated carbocycles. The summed E-state index contributed by atoms with van der Waals surface area (Å²) in [5.41, 5.74) is 5.24. The van der Waals surface area contributed by atoms with E-state index in [9.17, 15) is 9.59 Å². The van der Waals surface area contributed by atoms with Gasteiger partial charge in [-0.05, 0) is 78.8 Å². The number of Topliss-reactive ketones (excluding diaryl/α,β-unsaturated/α-hetero) is 2. The van der Waals surface area contributed by atoms with E-state index < -0.39 is 5.92 Å². The molecular formula is C38H45Cl2NO4. The van der Waals surface area contributed by atoms with Crippen LogP contribution in [0.15, 0.2) is 58.9 Å². The molecule has 1 aliphatic heterocycles. The van der Waals surface area contributed by atoms with Crippen molar-refractivity contribution >= 4 is 34.8 Å². The van der Waals surface area contributed by atoms with E-state index in [2.05, 4.69) is 32.6 Å². The second-order valence-electron chi connectivity index (χ2n) is 14.9. The predicted octanol–water partition coefficient (Wildman–Crippen LogP) is 9.99. The van der Waals surface area contributed by atoms with Crippen molar-refractivity contribution in [2.45, 2.75) is 111 Å². The number of nitrogens with zero attached hydrogens (tertiary/aromatic N) is 1. The first-order valence-electron chi connectivity index (χ1n) is 16.5. The maximum absolute atomic E-state index is 14.3. The second-order valence-corrected chi connectivity index (χ2v) is 15.7. The normalized spacial score (nSPS) is 22.0. The highest BCUT2D eigenvalue weighted by molar-refractivity contribution is 6.32. The smallest absolute Gasteiger partial charge is 0.180 e. The second kappa shape index (κ2) is 12.4. The van der Waals surface area contributed by atoms with Crippen molar-refractivity contribution in [3.63, 3.8) is 0 Å². The first-order valence-corrected chi connectivity index (χ1v) is 17.3. The Kier molecular flexibility index (Phi) is 8.91. The minimum atomic E-state index is -0.482. The maximum atomic E-state index is 14.3. The molecule has 240 valence electrons. The zero-order chi connectivity index (χ0) is 32.1. The highest BCUT2D eigenvalue weighted by Gasteiger charge is 2.50. The largest absolute Gasteiger partial charge is 0.490 e. The van der Waals surface area contributed by atoms with Crippen LogP contribution in [0.5, 0.6) is 11.5 Å². The Labute approximate surface area is 277 Å². The fourth-order valence-electron chi connectivity index (χ4n) is 8.00. The topological polar surface area (TPSA) is 55.8 Å². The summed E-state index contributed by atoms with van der Waals surface area (Å²) in [7, 11) is 0. The van der Waals surface area contributed by atoms with Gasteiger partial charge in [-0.25, -0.2) is 0 Å². The SMILES string of the molecule is CCOc1cc(C2C3=C(CC(C)(C)CC3=O)N(C3CCCCC3)C3=C2C(=O)CC(C)(C)C3)cc(Cl)c1OCc1ccc(Cl)cc1. The van der Waals surface area contributed by atoms with Crippen LogP contribution in [-0.4, -0.2) is 29.1 Å². The van der Waals surface area contributed by atoms with E-state index >= 15 is 0 Å². The van der Waals surface area contributed by atoms with E-state index in [1.54, 1.807) is 0 Å². The molecule has 0 bridgehead atoms. The number of hydrogen-bond donors (Lipinski definition) is 0. The van der Waals surface area contributed by atoms with E-state index in [1.807, 2.05) is 43.3 Å². The Morgan fingerprint density at radius 3 is 1.93 bits per heavy atom. The van der Waals surface area contributed by atoms with Crippen LogP contribution in [0.4, 0.5) is 0 Å². The fourth-order valence-corrected chi connectivity index (χ4v) is 8.40. The summed E-state index contributed by atoms with van der Waals surface area (Å²) in [6.07, 6.45) is 8.29. The van der Waals surface area contributed by atoms with Gasteiger partial charge in [0.2, 0.25) is 0 Å². The minimum Gasteiger partial charge on any atom is -0.490 e. The van der Waals surface area contributed by atoms with E-state index in [4.69, 9.17) is 32.7 Å². The molecule has 45 heavy (non-hydrogen) atoms. The molecule has 2 aromatic carbocycles. The van der Waals surface area contributed by atoms with Gasteiger partial charge in [-0.3, -0.25) is 9.59 Å². The molecule has 1 heterocycles. The van der Waals surface area contributed by atoms with Crippen LogP contribution in [0, 0.1) is 10.8 Å². The van der Waals surface area contributed by atoms with Gasteiger partial charge in [-0.2, -0.15) is 0 Å². The summed E-state index contributed by atoms with van der Waals surface area (Å²) in [6.45, 7) is 11.4. The van der Waals surface area contributed by atoms with E-state index in [0.29, 0.717) is 53.6 Å². The van der Waals surface area contributed by atoms with Crippen LogP contribution in [0.2, 0.25) is 10.0 Å². The number of carbonyl (C=O) groups is 2. The van der Waals surface area contributed by atoms with Crippen molar-refractivity contribution in [3.05, 3.63) is 80.1 Å². The molecule has 6 rings (SSSR count). The summed E-state index contributed by atoms with van der Waals surface area (Å²) in [5, 5.41) is 1.06. The molecular weight excluding hydrogens is 605 g/mol. The number of ether oxygens (including phenoxy) is 2. The molecule has 0 unspecified atom stereocenters. The average molecular weight is 651 g/mol. The Morgan fingerprint density at radius 1 is 0.800 bits per heavy atom. The number of hydrogen-bond acceptors (Lipinski definition) is 5. The van der Waals surface area contributed by atoms with Gasteiger partial charge in [0.1, 0.15) is 6.61 Å². The van der Waals surface area contributed by atoms with Crippen molar-refractivity contribution in [2.75, 3.05) is 6.61 Å². The molecule has 0 atom stereocenters. The zero-order valence-electron chi connectivity index (χ0n) is 27.2. The monoisotopic (exact) mass is 649 g/mol. The summed E-state index contributed by atoms with van der Waals surface area (Å²) < 4.78 is 12.4. The van der Waals surface area contributed by atoms with Gasteiger partial charge in [0.15, 0.2) is 23.1 Å². The van der Waals surface area contributed by atoms with Gasteiger partial charge in [0.25, 0.3) is 0 Å². The van der Waals surface area contributed by atoms with Gasteiger partial charge in [0.05, 0.1) is 11.6 Å². The summed E-state index contributed by atoms with van der Waals surface area (Å²) in [4.78, 5) is 31.1. The molecule has 0 N–H and O–H groups in total. The van der Waals surface area contributed by atoms with E-state index in [1.165, 1.54) is 19.3 Å². The van der Waals surface area contributed by atoms with Gasteiger partial charge in [0, 0.05) is 52.4 Å². The van der Waals surface area contributed by atoms with Gasteiger partial charge in [-0.15, -0.1) is 0 Å². The molecule has 2 aromatic rings. The molecule has 4 aliphatic rings. The number of rotatable bonds is 7. The third-order valence-electron chi connectivity index (χ3n) is 9.85. The molecule has 0 aromatic heterocycles. The number of allylic oxidation sites excluding steroid dienone is 4. The Bertz CT molecular complexity index is 1510. The van der Waals surface area contributed by atoms with E-state index in [-0.39, 0.29) is 22.4 Å².